The Hall–Kier alpha value is 0.515. The summed E-state index contributed by atoms with van der Waals surface area (Å²) < 4.78 is 33.5. The molecule has 1 unspecified atom stereocenters. The average molecular weight is 384 g/mol. The van der Waals surface area contributed by atoms with Gasteiger partial charge in [0.1, 0.15) is 12.3 Å². The molecule has 1 aliphatic rings. The molecule has 1 rings (SSSR count). The molecule has 0 aromatic rings. The SMILES string of the molecule is [B][C@@H]1N[C@H](OC[P+](O)(O)OP(=O)(O)OP(=O)(O)O)[C@@H](O)[C@H]1O. The second-order valence-electron chi connectivity index (χ2n) is 4.18. The van der Waals surface area contributed by atoms with Gasteiger partial charge in [0.05, 0.1) is 14.0 Å². The summed E-state index contributed by atoms with van der Waals surface area (Å²) in [4.78, 5) is 44.4. The van der Waals surface area contributed by atoms with Crippen LogP contribution in [0.1, 0.15) is 0 Å². The molecule has 22 heavy (non-hydrogen) atoms. The third-order valence-corrected chi connectivity index (χ3v) is 6.28. The maximum Gasteiger partial charge on any atom is 0.520 e. The number of rotatable bonds is 7. The quantitative estimate of drug-likeness (QED) is 0.163. The predicted molar refractivity (Wildman–Crippen MR) is 69.8 cm³/mol. The van der Waals surface area contributed by atoms with Crippen LogP contribution in [0.2, 0.25) is 0 Å². The van der Waals surface area contributed by atoms with Gasteiger partial charge >= 0.3 is 23.6 Å². The number of aliphatic hydroxyl groups excluding tert-OH is 2. The fraction of sp³-hybridized carbons (Fsp3) is 1.00. The molecule has 0 aromatic carbocycles. The summed E-state index contributed by atoms with van der Waals surface area (Å²) >= 11 is 0. The first-order chi connectivity index (χ1) is 9.72. The molecule has 0 aliphatic carbocycles. The van der Waals surface area contributed by atoms with E-state index in [4.69, 9.17) is 27.3 Å². The molecule has 0 aromatic heterocycles. The molecular formula is C5H14BNO12P3+. The summed E-state index contributed by atoms with van der Waals surface area (Å²) in [6.45, 7) is 0. The minimum Gasteiger partial charge on any atom is -0.389 e. The summed E-state index contributed by atoms with van der Waals surface area (Å²) in [5.41, 5.74) is 0. The highest BCUT2D eigenvalue weighted by Gasteiger charge is 2.51. The molecule has 1 fully saturated rings. The topological polar surface area (TPSA) is 215 Å². The number of hydrogen-bond donors (Lipinski definition) is 8. The molecule has 17 heteroatoms. The third-order valence-electron chi connectivity index (χ3n) is 2.25. The molecule has 0 saturated carbocycles. The van der Waals surface area contributed by atoms with Crippen LogP contribution in [0, 0.1) is 0 Å². The monoisotopic (exact) mass is 384 g/mol. The Morgan fingerprint density at radius 2 is 1.68 bits per heavy atom. The van der Waals surface area contributed by atoms with Crippen LogP contribution in [-0.4, -0.2) is 73.3 Å². The number of aliphatic hydroxyl groups is 2. The van der Waals surface area contributed by atoms with E-state index in [9.17, 15) is 29.1 Å². The van der Waals surface area contributed by atoms with E-state index >= 15 is 0 Å². The minimum absolute atomic E-state index is 1.06. The van der Waals surface area contributed by atoms with Gasteiger partial charge in [-0.2, -0.15) is 14.1 Å². The Labute approximate surface area is 125 Å². The van der Waals surface area contributed by atoms with E-state index in [0.717, 1.165) is 0 Å². The Kier molecular flexibility index (Phi) is 6.71. The normalized spacial score (nSPS) is 32.9. The van der Waals surface area contributed by atoms with Crippen LogP contribution in [0.25, 0.3) is 0 Å². The summed E-state index contributed by atoms with van der Waals surface area (Å²) in [7, 11) is -10.3. The van der Waals surface area contributed by atoms with Crippen LogP contribution in [0.4, 0.5) is 0 Å². The number of phosphoric acid groups is 2. The molecule has 1 saturated heterocycles. The highest BCUT2D eigenvalue weighted by Crippen LogP contribution is 2.69. The Balaban J connectivity index is 2.57. The van der Waals surface area contributed by atoms with Gasteiger partial charge in [0.15, 0.2) is 0 Å². The molecular weight excluding hydrogens is 370 g/mol. The van der Waals surface area contributed by atoms with Crippen LogP contribution in [-0.2, 0) is 22.5 Å². The van der Waals surface area contributed by atoms with E-state index in [1.54, 1.807) is 0 Å². The largest absolute Gasteiger partial charge is 0.520 e. The maximum absolute atomic E-state index is 11.2. The molecule has 0 bridgehead atoms. The first-order valence-corrected chi connectivity index (χ1v) is 10.2. The van der Waals surface area contributed by atoms with E-state index in [2.05, 4.69) is 13.9 Å². The zero-order valence-corrected chi connectivity index (χ0v) is 13.3. The molecule has 0 amide bonds. The van der Waals surface area contributed by atoms with Gasteiger partial charge in [-0.3, -0.25) is 10.2 Å². The van der Waals surface area contributed by atoms with Gasteiger partial charge in [-0.15, -0.1) is 0 Å². The van der Waals surface area contributed by atoms with Crippen molar-refractivity contribution in [1.82, 2.24) is 5.32 Å². The van der Waals surface area contributed by atoms with E-state index in [0.29, 0.717) is 0 Å². The van der Waals surface area contributed by atoms with E-state index in [-0.39, 0.29) is 0 Å². The van der Waals surface area contributed by atoms with E-state index in [1.807, 2.05) is 0 Å². The number of hydrogen-bond acceptors (Lipinski definition) is 10. The standard InChI is InChI=1S/C5H13BNO12P3/c6-4-2(8)3(9)5(7-4)17-1-20(10,11)18-22(15,16)19-21(12,13)14/h2-5,7-11H,1H2,(H2-,12,13,14,15,16)/p+1/t2-,3+,4-,5-/m1/s1. The van der Waals surface area contributed by atoms with Crippen molar-refractivity contribution in [3.05, 3.63) is 0 Å². The lowest BCUT2D eigenvalue weighted by molar-refractivity contribution is -0.0515. The Morgan fingerprint density at radius 1 is 1.14 bits per heavy atom. The van der Waals surface area contributed by atoms with Crippen molar-refractivity contribution in [2.24, 2.45) is 0 Å². The molecule has 128 valence electrons. The van der Waals surface area contributed by atoms with Crippen LogP contribution in [0.3, 0.4) is 0 Å². The molecule has 1 heterocycles. The van der Waals surface area contributed by atoms with Crippen LogP contribution in [0.15, 0.2) is 0 Å². The minimum atomic E-state index is -5.49. The summed E-state index contributed by atoms with van der Waals surface area (Å²) in [6.07, 6.45) is -5.43. The number of ether oxygens (including phenoxy) is 1. The zero-order chi connectivity index (χ0) is 17.3. The third kappa shape index (κ3) is 6.56. The summed E-state index contributed by atoms with van der Waals surface area (Å²) in [5, 5.41) is 21.1. The highest BCUT2D eigenvalue weighted by molar-refractivity contribution is 7.70. The van der Waals surface area contributed by atoms with Crippen LogP contribution >= 0.6 is 23.6 Å². The van der Waals surface area contributed by atoms with Crippen LogP contribution in [0.5, 0.6) is 0 Å². The van der Waals surface area contributed by atoms with Gasteiger partial charge in [0.25, 0.3) is 0 Å². The fourth-order valence-electron chi connectivity index (χ4n) is 1.44. The highest BCUT2D eigenvalue weighted by atomic mass is 31.3. The molecule has 13 nitrogen and oxygen atoms in total. The molecule has 5 atom stereocenters. The van der Waals surface area contributed by atoms with Crippen molar-refractivity contribution >= 4 is 31.4 Å². The molecule has 2 radical (unpaired) electrons. The van der Waals surface area contributed by atoms with Crippen molar-refractivity contribution < 1.29 is 57.2 Å². The lowest BCUT2D eigenvalue weighted by atomic mass is 9.92. The van der Waals surface area contributed by atoms with Crippen molar-refractivity contribution in [2.45, 2.75) is 24.4 Å². The van der Waals surface area contributed by atoms with Crippen molar-refractivity contribution in [1.29, 1.82) is 0 Å². The molecule has 1 aliphatic heterocycles. The molecule has 0 spiro atoms. The summed E-state index contributed by atoms with van der Waals surface area (Å²) in [6, 6.07) is 0. The predicted octanol–water partition coefficient (Wildman–Crippen LogP) is -2.92. The van der Waals surface area contributed by atoms with Gasteiger partial charge in [0.2, 0.25) is 6.35 Å². The Bertz CT molecular complexity index is 483. The van der Waals surface area contributed by atoms with Crippen LogP contribution < -0.4 is 5.32 Å². The first-order valence-electron chi connectivity index (χ1n) is 5.36. The maximum atomic E-state index is 11.2. The second-order valence-corrected chi connectivity index (χ2v) is 8.99. The second kappa shape index (κ2) is 7.18. The lowest BCUT2D eigenvalue weighted by Gasteiger charge is -2.19. The zero-order valence-electron chi connectivity index (χ0n) is 10.6. The van der Waals surface area contributed by atoms with Crippen molar-refractivity contribution in [3.8, 4) is 0 Å². The van der Waals surface area contributed by atoms with Gasteiger partial charge < -0.3 is 24.7 Å². The number of nitrogens with one attached hydrogen (secondary N) is 1. The summed E-state index contributed by atoms with van der Waals surface area (Å²) in [5.74, 6) is -1.06. The first kappa shape index (κ1) is 20.6. The lowest BCUT2D eigenvalue weighted by Crippen LogP contribution is -2.36. The van der Waals surface area contributed by atoms with Crippen molar-refractivity contribution in [2.75, 3.05) is 6.35 Å². The van der Waals surface area contributed by atoms with Gasteiger partial charge in [-0.05, 0) is 5.94 Å². The van der Waals surface area contributed by atoms with Gasteiger partial charge in [-0.1, -0.05) is 4.31 Å². The average Bonchev–Trinajstić information content (AvgIpc) is 2.49. The van der Waals surface area contributed by atoms with E-state index in [1.165, 1.54) is 0 Å². The van der Waals surface area contributed by atoms with Crippen molar-refractivity contribution in [3.63, 3.8) is 0 Å². The molecule has 8 N–H and O–H groups in total. The fourth-order valence-corrected chi connectivity index (χ4v) is 4.77. The van der Waals surface area contributed by atoms with Gasteiger partial charge in [-0.25, -0.2) is 9.13 Å². The Morgan fingerprint density at radius 3 is 2.09 bits per heavy atom. The van der Waals surface area contributed by atoms with Gasteiger partial charge in [0, 0.05) is 0 Å². The smallest absolute Gasteiger partial charge is 0.389 e. The van der Waals surface area contributed by atoms with E-state index < -0.39 is 54.3 Å².